The maximum Gasteiger partial charge on any atom is 0.335 e. The molecule has 2 rings (SSSR count). The second-order valence-electron chi connectivity index (χ2n) is 13.9. The van der Waals surface area contributed by atoms with E-state index in [4.69, 9.17) is 0 Å². The Morgan fingerprint density at radius 2 is 1.11 bits per heavy atom. The Balaban J connectivity index is 2.58. The molecule has 0 heterocycles. The molecule has 0 atom stereocenters. The predicted octanol–water partition coefficient (Wildman–Crippen LogP) is 8.32. The van der Waals surface area contributed by atoms with Gasteiger partial charge in [-0.25, -0.2) is 4.79 Å². The van der Waals surface area contributed by atoms with Gasteiger partial charge in [-0.3, -0.25) is 0 Å². The Bertz CT molecular complexity index is 1100. The van der Waals surface area contributed by atoms with Crippen molar-refractivity contribution >= 4 is 17.7 Å². The first kappa shape index (κ1) is 30.1. The van der Waals surface area contributed by atoms with Crippen molar-refractivity contribution in [3.05, 3.63) is 51.6 Å². The average molecular weight is 515 g/mol. The molecule has 200 valence electrons. The quantitative estimate of drug-likeness (QED) is 0.350. The highest BCUT2D eigenvalue weighted by Gasteiger charge is 2.32. The van der Waals surface area contributed by atoms with E-state index in [0.29, 0.717) is 34.6 Å². The molecule has 0 spiro atoms. The molecular weight excluding hydrogens is 468 g/mol. The van der Waals surface area contributed by atoms with Crippen molar-refractivity contribution < 1.29 is 20.1 Å². The molecule has 0 aliphatic heterocycles. The highest BCUT2D eigenvalue weighted by molar-refractivity contribution is 7.99. The Kier molecular flexibility index (Phi) is 8.33. The molecule has 0 fully saturated rings. The number of carbonyl (C=O) groups is 1. The third kappa shape index (κ3) is 6.59. The van der Waals surface area contributed by atoms with E-state index in [1.54, 1.807) is 17.8 Å². The highest BCUT2D eigenvalue weighted by Crippen LogP contribution is 2.44. The average Bonchev–Trinajstić information content (AvgIpc) is 2.64. The van der Waals surface area contributed by atoms with Gasteiger partial charge in [-0.1, -0.05) is 83.1 Å². The summed E-state index contributed by atoms with van der Waals surface area (Å²) in [5, 5.41) is 32.5. The fourth-order valence-corrected chi connectivity index (χ4v) is 5.59. The normalized spacial score (nSPS) is 13.2. The van der Waals surface area contributed by atoms with E-state index in [9.17, 15) is 20.1 Å². The van der Waals surface area contributed by atoms with Gasteiger partial charge < -0.3 is 15.3 Å². The molecule has 2 aromatic rings. The molecular formula is C31H46O4S. The molecule has 2 aromatic carbocycles. The molecule has 0 aliphatic carbocycles. The maximum atomic E-state index is 12.4. The van der Waals surface area contributed by atoms with Crippen molar-refractivity contribution in [2.75, 3.05) is 5.75 Å². The number of hydrogen-bond donors (Lipinski definition) is 3. The molecule has 0 bridgehead atoms. The SMILES string of the molecule is CC(C)(C)c1cc(SCCc2c(C(=O)O)cc(C(C)(C)C)c(O)c2C(C)(C)C)cc(C(C)(C)C)c1O. The third-order valence-corrected chi connectivity index (χ3v) is 7.49. The molecule has 36 heavy (non-hydrogen) atoms. The van der Waals surface area contributed by atoms with Gasteiger partial charge in [0.25, 0.3) is 0 Å². The molecule has 0 amide bonds. The zero-order valence-electron chi connectivity index (χ0n) is 24.3. The monoisotopic (exact) mass is 514 g/mol. The second kappa shape index (κ2) is 9.96. The number of aromatic carboxylic acids is 1. The number of phenolic OH excluding ortho intramolecular Hbond substituents is 2. The Labute approximate surface area is 222 Å². The van der Waals surface area contributed by atoms with Crippen molar-refractivity contribution in [2.24, 2.45) is 0 Å². The molecule has 3 N–H and O–H groups in total. The summed E-state index contributed by atoms with van der Waals surface area (Å²) in [6.07, 6.45) is 0.507. The second-order valence-corrected chi connectivity index (χ2v) is 15.1. The maximum absolute atomic E-state index is 12.4. The molecule has 0 radical (unpaired) electrons. The van der Waals surface area contributed by atoms with Crippen LogP contribution < -0.4 is 0 Å². The summed E-state index contributed by atoms with van der Waals surface area (Å²) < 4.78 is 0. The molecule has 4 nitrogen and oxygen atoms in total. The van der Waals surface area contributed by atoms with E-state index in [2.05, 4.69) is 53.7 Å². The van der Waals surface area contributed by atoms with Gasteiger partial charge in [-0.05, 0) is 51.8 Å². The van der Waals surface area contributed by atoms with Crippen LogP contribution in [-0.2, 0) is 28.1 Å². The lowest BCUT2D eigenvalue weighted by atomic mass is 9.75. The number of rotatable bonds is 5. The lowest BCUT2D eigenvalue weighted by Crippen LogP contribution is -2.22. The van der Waals surface area contributed by atoms with Crippen LogP contribution in [0, 0.1) is 0 Å². The zero-order valence-corrected chi connectivity index (χ0v) is 25.1. The Morgan fingerprint density at radius 3 is 1.47 bits per heavy atom. The van der Waals surface area contributed by atoms with Crippen LogP contribution in [0.15, 0.2) is 23.1 Å². The van der Waals surface area contributed by atoms with E-state index in [-0.39, 0.29) is 27.6 Å². The minimum absolute atomic E-state index is 0.203. The van der Waals surface area contributed by atoms with Crippen LogP contribution in [0.5, 0.6) is 11.5 Å². The summed E-state index contributed by atoms with van der Waals surface area (Å²) in [6, 6.07) is 5.76. The van der Waals surface area contributed by atoms with E-state index in [1.807, 2.05) is 41.5 Å². The number of carboxylic acids is 1. The van der Waals surface area contributed by atoms with Crippen LogP contribution >= 0.6 is 11.8 Å². The lowest BCUT2D eigenvalue weighted by Gasteiger charge is -2.31. The number of phenols is 2. The molecule has 0 aliphatic rings. The van der Waals surface area contributed by atoms with Crippen molar-refractivity contribution in [2.45, 2.75) is 116 Å². The minimum Gasteiger partial charge on any atom is -0.507 e. The summed E-state index contributed by atoms with van der Waals surface area (Å²) in [5.41, 5.74) is 2.90. The number of benzene rings is 2. The van der Waals surface area contributed by atoms with Crippen LogP contribution in [-0.4, -0.2) is 27.0 Å². The van der Waals surface area contributed by atoms with Crippen molar-refractivity contribution in [1.82, 2.24) is 0 Å². The van der Waals surface area contributed by atoms with Crippen molar-refractivity contribution in [3.63, 3.8) is 0 Å². The van der Waals surface area contributed by atoms with Crippen LogP contribution in [0.1, 0.15) is 121 Å². The summed E-state index contributed by atoms with van der Waals surface area (Å²) in [6.45, 7) is 24.6. The van der Waals surface area contributed by atoms with Gasteiger partial charge in [0.1, 0.15) is 11.5 Å². The molecule has 0 aromatic heterocycles. The fraction of sp³-hybridized carbons (Fsp3) is 0.581. The van der Waals surface area contributed by atoms with E-state index in [1.165, 1.54) is 0 Å². The number of hydrogen-bond acceptors (Lipinski definition) is 4. The number of thioether (sulfide) groups is 1. The number of carboxylic acid groups (broad SMARTS) is 1. The van der Waals surface area contributed by atoms with Gasteiger partial charge in [-0.15, -0.1) is 11.8 Å². The van der Waals surface area contributed by atoms with E-state index < -0.39 is 11.4 Å². The summed E-state index contributed by atoms with van der Waals surface area (Å²) in [4.78, 5) is 13.4. The van der Waals surface area contributed by atoms with Gasteiger partial charge in [0.15, 0.2) is 0 Å². The standard InChI is InChI=1S/C31H46O4S/c1-28(2,3)21-15-18(16-22(25(21)32)29(4,5)6)36-14-13-19-20(27(34)35)17-23(30(7,8)9)26(33)24(19)31(10,11)12/h15-17,32-33H,13-14H2,1-12H3,(H,34,35). The summed E-state index contributed by atoms with van der Waals surface area (Å²) in [7, 11) is 0. The van der Waals surface area contributed by atoms with Gasteiger partial charge in [0.05, 0.1) is 5.56 Å². The molecule has 5 heteroatoms. The first-order valence-corrected chi connectivity index (χ1v) is 13.7. The van der Waals surface area contributed by atoms with Crippen LogP contribution in [0.4, 0.5) is 0 Å². The first-order valence-electron chi connectivity index (χ1n) is 12.7. The molecule has 0 saturated heterocycles. The van der Waals surface area contributed by atoms with Gasteiger partial charge >= 0.3 is 5.97 Å². The fourth-order valence-electron chi connectivity index (χ4n) is 4.65. The minimum atomic E-state index is -0.972. The smallest absolute Gasteiger partial charge is 0.335 e. The third-order valence-electron chi connectivity index (χ3n) is 6.52. The van der Waals surface area contributed by atoms with Crippen molar-refractivity contribution in [3.8, 4) is 11.5 Å². The largest absolute Gasteiger partial charge is 0.507 e. The number of aromatic hydroxyl groups is 2. The topological polar surface area (TPSA) is 77.8 Å². The van der Waals surface area contributed by atoms with Gasteiger partial charge in [-0.2, -0.15) is 0 Å². The molecule has 0 saturated carbocycles. The molecule has 0 unspecified atom stereocenters. The Hall–Kier alpha value is -2.14. The van der Waals surface area contributed by atoms with Crippen LogP contribution in [0.25, 0.3) is 0 Å². The van der Waals surface area contributed by atoms with Gasteiger partial charge in [0.2, 0.25) is 0 Å². The summed E-state index contributed by atoms with van der Waals surface area (Å²) in [5.74, 6) is 0.232. The Morgan fingerprint density at radius 1 is 0.694 bits per heavy atom. The first-order chi connectivity index (χ1) is 16.1. The van der Waals surface area contributed by atoms with Gasteiger partial charge in [0, 0.05) is 32.9 Å². The summed E-state index contributed by atoms with van der Waals surface area (Å²) >= 11 is 1.65. The predicted molar refractivity (Wildman–Crippen MR) is 152 cm³/mol. The van der Waals surface area contributed by atoms with Crippen molar-refractivity contribution in [1.29, 1.82) is 0 Å². The van der Waals surface area contributed by atoms with E-state index >= 15 is 0 Å². The van der Waals surface area contributed by atoms with Crippen LogP contribution in [0.3, 0.4) is 0 Å². The van der Waals surface area contributed by atoms with Crippen LogP contribution in [0.2, 0.25) is 0 Å². The lowest BCUT2D eigenvalue weighted by molar-refractivity contribution is 0.0695. The zero-order chi connectivity index (χ0) is 28.0. The van der Waals surface area contributed by atoms with E-state index in [0.717, 1.165) is 16.0 Å². The highest BCUT2D eigenvalue weighted by atomic mass is 32.2.